The minimum Gasteiger partial charge on any atom is -0.400 e. The second-order valence-electron chi connectivity index (χ2n) is 8.58. The first-order valence-electron chi connectivity index (χ1n) is 8.01. The molecule has 1 heterocycles. The van der Waals surface area contributed by atoms with Gasteiger partial charge in [0.1, 0.15) is 5.78 Å². The number of Topliss-reactive ketones (excluding diaryl/α,β-unsaturated/α-hetero) is 1. The molecule has 1 unspecified atom stereocenters. The predicted octanol–water partition coefficient (Wildman–Crippen LogP) is 3.96. The topological polar surface area (TPSA) is 35.5 Å². The first-order chi connectivity index (χ1) is 9.41. The molecule has 0 aromatic heterocycles. The van der Waals surface area contributed by atoms with Gasteiger partial charge in [-0.1, -0.05) is 26.8 Å². The molecule has 3 nitrogen and oxygen atoms in total. The highest BCUT2D eigenvalue weighted by atomic mass is 16.7. The van der Waals surface area contributed by atoms with Crippen LogP contribution in [-0.4, -0.2) is 24.1 Å². The fraction of sp³-hybridized carbons (Fsp3) is 0.824. The van der Waals surface area contributed by atoms with Crippen molar-refractivity contribution in [1.82, 2.24) is 0 Å². The van der Waals surface area contributed by atoms with Crippen molar-refractivity contribution < 1.29 is 14.1 Å². The number of hydrogen-bond acceptors (Lipinski definition) is 3. The van der Waals surface area contributed by atoms with Crippen molar-refractivity contribution in [3.05, 3.63) is 11.5 Å². The van der Waals surface area contributed by atoms with Gasteiger partial charge in [-0.25, -0.2) is 0 Å². The molecule has 0 aromatic rings. The average molecular weight is 292 g/mol. The molecule has 1 aliphatic carbocycles. The molecule has 0 radical (unpaired) electrons. The monoisotopic (exact) mass is 292 g/mol. The van der Waals surface area contributed by atoms with Crippen molar-refractivity contribution in [2.24, 2.45) is 11.3 Å². The molecule has 1 atom stereocenters. The van der Waals surface area contributed by atoms with Gasteiger partial charge in [0.05, 0.1) is 11.2 Å². The van der Waals surface area contributed by atoms with Gasteiger partial charge in [-0.15, -0.1) is 0 Å². The molecule has 2 fully saturated rings. The van der Waals surface area contributed by atoms with Gasteiger partial charge in [0.15, 0.2) is 0 Å². The summed E-state index contributed by atoms with van der Waals surface area (Å²) >= 11 is 0. The first-order valence-corrected chi connectivity index (χ1v) is 8.01. The van der Waals surface area contributed by atoms with Crippen LogP contribution in [-0.2, 0) is 14.1 Å². The summed E-state index contributed by atoms with van der Waals surface area (Å²) in [7, 11) is -0.329. The summed E-state index contributed by atoms with van der Waals surface area (Å²) in [5, 5.41) is 0. The molecular weight excluding hydrogens is 263 g/mol. The number of allylic oxidation sites excluding steroid dienone is 2. The van der Waals surface area contributed by atoms with Gasteiger partial charge < -0.3 is 9.31 Å². The number of ketones is 1. The second-order valence-corrected chi connectivity index (χ2v) is 8.58. The van der Waals surface area contributed by atoms with Crippen LogP contribution in [0.4, 0.5) is 0 Å². The van der Waals surface area contributed by atoms with Crippen molar-refractivity contribution in [2.75, 3.05) is 0 Å². The van der Waals surface area contributed by atoms with Crippen molar-refractivity contribution in [2.45, 2.75) is 78.9 Å². The fourth-order valence-corrected chi connectivity index (χ4v) is 2.96. The third-order valence-electron chi connectivity index (χ3n) is 4.84. The van der Waals surface area contributed by atoms with Gasteiger partial charge in [-0.3, -0.25) is 4.79 Å². The Kier molecular flexibility index (Phi) is 4.18. The maximum absolute atomic E-state index is 11.7. The van der Waals surface area contributed by atoms with Crippen LogP contribution in [0.25, 0.3) is 0 Å². The number of carbonyl (C=O) groups is 1. The molecule has 0 aromatic carbocycles. The maximum Gasteiger partial charge on any atom is 0.490 e. The summed E-state index contributed by atoms with van der Waals surface area (Å²) < 4.78 is 12.4. The lowest BCUT2D eigenvalue weighted by Crippen LogP contribution is -2.41. The van der Waals surface area contributed by atoms with E-state index in [0.717, 1.165) is 11.9 Å². The highest BCUT2D eigenvalue weighted by Crippen LogP contribution is 2.43. The molecule has 2 rings (SSSR count). The van der Waals surface area contributed by atoms with Gasteiger partial charge in [-0.05, 0) is 50.9 Å². The minimum absolute atomic E-state index is 0.0462. The van der Waals surface area contributed by atoms with E-state index in [1.54, 1.807) is 0 Å². The van der Waals surface area contributed by atoms with Crippen LogP contribution in [0.5, 0.6) is 0 Å². The number of rotatable bonds is 2. The fourth-order valence-electron chi connectivity index (χ4n) is 2.96. The lowest BCUT2D eigenvalue weighted by Gasteiger charge is -2.32. The van der Waals surface area contributed by atoms with Crippen LogP contribution in [0.15, 0.2) is 11.5 Å². The Morgan fingerprint density at radius 3 is 2.10 bits per heavy atom. The third kappa shape index (κ3) is 3.60. The average Bonchev–Trinajstić information content (AvgIpc) is 2.77. The van der Waals surface area contributed by atoms with Crippen LogP contribution >= 0.6 is 0 Å². The SMILES string of the molecule is CC(C)(C)/C=C(\B1OC(C)(C)C(C)(C)O1)C1CCC(=O)C1. The molecule has 1 saturated heterocycles. The molecule has 118 valence electrons. The van der Waals surface area contributed by atoms with E-state index in [0.29, 0.717) is 18.6 Å². The van der Waals surface area contributed by atoms with Gasteiger partial charge in [0.25, 0.3) is 0 Å². The molecule has 2 aliphatic rings. The van der Waals surface area contributed by atoms with E-state index in [1.165, 1.54) is 0 Å². The summed E-state index contributed by atoms with van der Waals surface area (Å²) in [6.45, 7) is 14.8. The molecule has 1 aliphatic heterocycles. The van der Waals surface area contributed by atoms with Gasteiger partial charge in [0, 0.05) is 12.8 Å². The van der Waals surface area contributed by atoms with Crippen molar-refractivity contribution in [1.29, 1.82) is 0 Å². The lowest BCUT2D eigenvalue weighted by atomic mass is 9.67. The highest BCUT2D eigenvalue weighted by molar-refractivity contribution is 6.54. The molecule has 1 saturated carbocycles. The molecule has 0 amide bonds. The van der Waals surface area contributed by atoms with Crippen LogP contribution in [0.1, 0.15) is 67.7 Å². The summed E-state index contributed by atoms with van der Waals surface area (Å²) in [6.07, 6.45) is 4.49. The summed E-state index contributed by atoms with van der Waals surface area (Å²) in [5.41, 5.74) is 0.533. The molecule has 0 bridgehead atoms. The van der Waals surface area contributed by atoms with Gasteiger partial charge in [0.2, 0.25) is 0 Å². The van der Waals surface area contributed by atoms with Crippen molar-refractivity contribution in [3.63, 3.8) is 0 Å². The van der Waals surface area contributed by atoms with E-state index in [9.17, 15) is 4.79 Å². The highest BCUT2D eigenvalue weighted by Gasteiger charge is 2.53. The zero-order chi connectivity index (χ0) is 16.1. The Morgan fingerprint density at radius 2 is 1.71 bits per heavy atom. The van der Waals surface area contributed by atoms with E-state index in [4.69, 9.17) is 9.31 Å². The van der Waals surface area contributed by atoms with Crippen molar-refractivity contribution >= 4 is 12.9 Å². The van der Waals surface area contributed by atoms with Gasteiger partial charge in [-0.2, -0.15) is 0 Å². The molecular formula is C17H29BO3. The number of hydrogen-bond donors (Lipinski definition) is 0. The Morgan fingerprint density at radius 1 is 1.19 bits per heavy atom. The van der Waals surface area contributed by atoms with Crippen molar-refractivity contribution in [3.8, 4) is 0 Å². The van der Waals surface area contributed by atoms with Crippen LogP contribution < -0.4 is 0 Å². The molecule has 21 heavy (non-hydrogen) atoms. The zero-order valence-electron chi connectivity index (χ0n) is 14.6. The lowest BCUT2D eigenvalue weighted by molar-refractivity contribution is -0.117. The Bertz CT molecular complexity index is 441. The summed E-state index contributed by atoms with van der Waals surface area (Å²) in [6, 6.07) is 0. The first kappa shape index (κ1) is 16.8. The van der Waals surface area contributed by atoms with E-state index in [2.05, 4.69) is 54.5 Å². The summed E-state index contributed by atoms with van der Waals surface area (Å²) in [4.78, 5) is 11.7. The quantitative estimate of drug-likeness (QED) is 0.723. The van der Waals surface area contributed by atoms with Crippen LogP contribution in [0, 0.1) is 11.3 Å². The Labute approximate surface area is 129 Å². The molecule has 4 heteroatoms. The molecule has 0 spiro atoms. The Hall–Kier alpha value is -0.605. The normalized spacial score (nSPS) is 29.3. The van der Waals surface area contributed by atoms with E-state index >= 15 is 0 Å². The van der Waals surface area contributed by atoms with E-state index in [1.807, 2.05) is 0 Å². The molecule has 0 N–H and O–H groups in total. The van der Waals surface area contributed by atoms with Gasteiger partial charge >= 0.3 is 7.12 Å². The largest absolute Gasteiger partial charge is 0.490 e. The zero-order valence-corrected chi connectivity index (χ0v) is 14.6. The predicted molar refractivity (Wildman–Crippen MR) is 86.0 cm³/mol. The smallest absolute Gasteiger partial charge is 0.400 e. The van der Waals surface area contributed by atoms with E-state index in [-0.39, 0.29) is 29.7 Å². The standard InChI is InChI=1S/C17H29BO3/c1-15(2,3)11-14(12-8-9-13(19)10-12)18-20-16(4,5)17(6,7)21-18/h11-12H,8-10H2,1-7H3/b14-11-. The Balaban J connectivity index is 2.30. The minimum atomic E-state index is -0.336. The maximum atomic E-state index is 11.7. The third-order valence-corrected chi connectivity index (χ3v) is 4.84. The van der Waals surface area contributed by atoms with Crippen LogP contribution in [0.3, 0.4) is 0 Å². The second kappa shape index (κ2) is 5.24. The number of carbonyl (C=O) groups excluding carboxylic acids is 1. The van der Waals surface area contributed by atoms with Crippen LogP contribution in [0.2, 0.25) is 0 Å². The van der Waals surface area contributed by atoms with E-state index < -0.39 is 0 Å². The summed E-state index contributed by atoms with van der Waals surface area (Å²) in [5.74, 6) is 0.628.